The van der Waals surface area contributed by atoms with Crippen LogP contribution in [0.1, 0.15) is 18.9 Å². The first-order valence-corrected chi connectivity index (χ1v) is 7.40. The van der Waals surface area contributed by atoms with Crippen LogP contribution in [0.15, 0.2) is 24.3 Å². The van der Waals surface area contributed by atoms with Crippen molar-refractivity contribution in [2.45, 2.75) is 31.3 Å². The van der Waals surface area contributed by atoms with Gasteiger partial charge in [0, 0.05) is 24.7 Å². The third kappa shape index (κ3) is 1.71. The molecule has 0 aliphatic carbocycles. The molecule has 2 aliphatic heterocycles. The van der Waals surface area contributed by atoms with Crippen LogP contribution >= 0.6 is 0 Å². The molecule has 1 aromatic rings. The summed E-state index contributed by atoms with van der Waals surface area (Å²) in [4.78, 5) is 17.4. The number of rotatable bonds is 2. The molecule has 2 unspecified atom stereocenters. The van der Waals surface area contributed by atoms with E-state index in [0.29, 0.717) is 0 Å². The quantitative estimate of drug-likeness (QED) is 0.875. The van der Waals surface area contributed by atoms with Crippen LogP contribution in [-0.2, 0) is 11.2 Å². The molecule has 0 spiro atoms. The van der Waals surface area contributed by atoms with Crippen molar-refractivity contribution in [2.24, 2.45) is 5.73 Å². The minimum Gasteiger partial charge on any atom is -0.357 e. The van der Waals surface area contributed by atoms with Gasteiger partial charge in [-0.3, -0.25) is 4.79 Å². The molecule has 0 amide bonds. The van der Waals surface area contributed by atoms with Crippen LogP contribution in [0.5, 0.6) is 0 Å². The second kappa shape index (κ2) is 4.86. The van der Waals surface area contributed by atoms with Crippen molar-refractivity contribution >= 4 is 11.5 Å². The number of benzene rings is 1. The van der Waals surface area contributed by atoms with Crippen LogP contribution in [0.3, 0.4) is 0 Å². The summed E-state index contributed by atoms with van der Waals surface area (Å²) in [6.07, 6.45) is 1.86. The average molecular weight is 273 g/mol. The zero-order valence-corrected chi connectivity index (χ0v) is 12.3. The molecule has 2 N–H and O–H groups in total. The fourth-order valence-electron chi connectivity index (χ4n) is 3.91. The van der Waals surface area contributed by atoms with E-state index in [0.717, 1.165) is 25.9 Å². The molecule has 0 saturated carbocycles. The van der Waals surface area contributed by atoms with Crippen molar-refractivity contribution in [2.75, 3.05) is 31.6 Å². The van der Waals surface area contributed by atoms with Gasteiger partial charge in [-0.1, -0.05) is 18.2 Å². The zero-order chi connectivity index (χ0) is 14.3. The molecule has 1 saturated heterocycles. The van der Waals surface area contributed by atoms with Gasteiger partial charge >= 0.3 is 0 Å². The predicted molar refractivity (Wildman–Crippen MR) is 81.0 cm³/mol. The van der Waals surface area contributed by atoms with Crippen LogP contribution in [0.25, 0.3) is 0 Å². The number of fused-ring (bicyclic) bond motifs is 3. The minimum absolute atomic E-state index is 0.114. The van der Waals surface area contributed by atoms with E-state index in [1.54, 1.807) is 0 Å². The van der Waals surface area contributed by atoms with Crippen molar-refractivity contribution in [3.05, 3.63) is 29.8 Å². The molecule has 2 aliphatic rings. The van der Waals surface area contributed by atoms with E-state index < -0.39 is 5.54 Å². The maximum Gasteiger partial charge on any atom is 0.173 e. The molecule has 2 heterocycles. The summed E-state index contributed by atoms with van der Waals surface area (Å²) < 4.78 is 0. The Kier molecular flexibility index (Phi) is 3.30. The normalized spacial score (nSPS) is 29.8. The molecule has 1 fully saturated rings. The first-order valence-electron chi connectivity index (χ1n) is 7.40. The highest BCUT2D eigenvalue weighted by Gasteiger charge is 2.54. The summed E-state index contributed by atoms with van der Waals surface area (Å²) in [7, 11) is 2.11. The summed E-state index contributed by atoms with van der Waals surface area (Å²) in [5.41, 5.74) is 7.76. The smallest absolute Gasteiger partial charge is 0.173 e. The van der Waals surface area contributed by atoms with Crippen molar-refractivity contribution < 1.29 is 4.79 Å². The monoisotopic (exact) mass is 273 g/mol. The number of carbonyl (C=O) groups excluding carboxylic acids is 1. The SMILES string of the molecule is CC1N(C)CCCN2c3ccccc3CC12C(=O)CN. The lowest BCUT2D eigenvalue weighted by Crippen LogP contribution is -2.64. The lowest BCUT2D eigenvalue weighted by atomic mass is 9.82. The Hall–Kier alpha value is -1.39. The number of likely N-dealkylation sites (N-methyl/N-ethyl adjacent to an activating group) is 1. The zero-order valence-electron chi connectivity index (χ0n) is 12.3. The number of hydrogen-bond donors (Lipinski definition) is 1. The third-order valence-corrected chi connectivity index (χ3v) is 5.14. The maximum absolute atomic E-state index is 12.8. The van der Waals surface area contributed by atoms with E-state index in [2.05, 4.69) is 48.0 Å². The number of anilines is 1. The van der Waals surface area contributed by atoms with Gasteiger partial charge in [0.15, 0.2) is 5.78 Å². The van der Waals surface area contributed by atoms with Gasteiger partial charge < -0.3 is 15.5 Å². The van der Waals surface area contributed by atoms with Crippen LogP contribution in [-0.4, -0.2) is 48.9 Å². The molecular formula is C16H23N3O. The topological polar surface area (TPSA) is 49.6 Å². The van der Waals surface area contributed by atoms with Gasteiger partial charge in [0.25, 0.3) is 0 Å². The fraction of sp³-hybridized carbons (Fsp3) is 0.562. The van der Waals surface area contributed by atoms with Gasteiger partial charge in [-0.15, -0.1) is 0 Å². The lowest BCUT2D eigenvalue weighted by molar-refractivity contribution is -0.124. The van der Waals surface area contributed by atoms with Gasteiger partial charge in [-0.05, 0) is 38.6 Å². The second-order valence-corrected chi connectivity index (χ2v) is 6.02. The highest BCUT2D eigenvalue weighted by molar-refractivity contribution is 5.97. The van der Waals surface area contributed by atoms with Gasteiger partial charge in [-0.25, -0.2) is 0 Å². The Labute approximate surface area is 120 Å². The van der Waals surface area contributed by atoms with Crippen LogP contribution in [0, 0.1) is 0 Å². The second-order valence-electron chi connectivity index (χ2n) is 6.02. The highest BCUT2D eigenvalue weighted by Crippen LogP contribution is 2.43. The van der Waals surface area contributed by atoms with E-state index >= 15 is 0 Å². The van der Waals surface area contributed by atoms with Crippen molar-refractivity contribution in [3.8, 4) is 0 Å². The van der Waals surface area contributed by atoms with Crippen LogP contribution in [0.2, 0.25) is 0 Å². The molecule has 3 rings (SSSR count). The molecule has 4 nitrogen and oxygen atoms in total. The standard InChI is InChI=1S/C16H23N3O/c1-12-16(15(20)11-17)10-13-6-3-4-7-14(13)19(16)9-5-8-18(12)2/h3-4,6-7,12H,5,8-11,17H2,1-2H3. The Bertz CT molecular complexity index is 530. The first kappa shape index (κ1) is 13.6. The Morgan fingerprint density at radius 3 is 2.90 bits per heavy atom. The number of nitrogens with zero attached hydrogens (tertiary/aromatic N) is 2. The molecule has 0 radical (unpaired) electrons. The van der Waals surface area contributed by atoms with E-state index in [9.17, 15) is 4.79 Å². The van der Waals surface area contributed by atoms with Crippen molar-refractivity contribution in [1.29, 1.82) is 0 Å². The summed E-state index contributed by atoms with van der Waals surface area (Å²) in [6.45, 7) is 4.23. The van der Waals surface area contributed by atoms with Gasteiger partial charge in [0.05, 0.1) is 6.54 Å². The maximum atomic E-state index is 12.8. The molecule has 20 heavy (non-hydrogen) atoms. The van der Waals surface area contributed by atoms with Gasteiger partial charge in [0.1, 0.15) is 5.54 Å². The molecule has 1 aromatic carbocycles. The number of para-hydroxylation sites is 1. The average Bonchev–Trinajstić information content (AvgIpc) is 2.75. The fourth-order valence-corrected chi connectivity index (χ4v) is 3.91. The lowest BCUT2D eigenvalue weighted by Gasteiger charge is -2.43. The van der Waals surface area contributed by atoms with E-state index in [-0.39, 0.29) is 18.4 Å². The molecule has 108 valence electrons. The van der Waals surface area contributed by atoms with Gasteiger partial charge in [-0.2, -0.15) is 0 Å². The highest BCUT2D eigenvalue weighted by atomic mass is 16.1. The number of carbonyl (C=O) groups is 1. The first-order chi connectivity index (χ1) is 9.61. The summed E-state index contributed by atoms with van der Waals surface area (Å²) in [6, 6.07) is 8.57. The predicted octanol–water partition coefficient (Wildman–Crippen LogP) is 1.04. The number of nitrogens with two attached hydrogens (primary N) is 1. The van der Waals surface area contributed by atoms with Crippen molar-refractivity contribution in [1.82, 2.24) is 4.90 Å². The summed E-state index contributed by atoms with van der Waals surface area (Å²) in [5, 5.41) is 0. The van der Waals surface area contributed by atoms with Crippen LogP contribution < -0.4 is 10.6 Å². The third-order valence-electron chi connectivity index (χ3n) is 5.14. The molecule has 2 atom stereocenters. The van der Waals surface area contributed by atoms with E-state index in [4.69, 9.17) is 5.73 Å². The molecular weight excluding hydrogens is 250 g/mol. The summed E-state index contributed by atoms with van der Waals surface area (Å²) in [5.74, 6) is 0.162. The van der Waals surface area contributed by atoms with E-state index in [1.165, 1.54) is 11.3 Å². The largest absolute Gasteiger partial charge is 0.357 e. The van der Waals surface area contributed by atoms with Crippen molar-refractivity contribution in [3.63, 3.8) is 0 Å². The summed E-state index contributed by atoms with van der Waals surface area (Å²) >= 11 is 0. The molecule has 4 heteroatoms. The number of Topliss-reactive ketones (excluding diaryl/α,β-unsaturated/α-hetero) is 1. The van der Waals surface area contributed by atoms with E-state index in [1.807, 2.05) is 0 Å². The number of hydrogen-bond acceptors (Lipinski definition) is 4. The molecule has 0 bridgehead atoms. The minimum atomic E-state index is -0.482. The Morgan fingerprint density at radius 1 is 1.40 bits per heavy atom. The molecule has 0 aromatic heterocycles. The Balaban J connectivity index is 2.14. The Morgan fingerprint density at radius 2 is 2.15 bits per heavy atom. The number of ketones is 1. The van der Waals surface area contributed by atoms with Crippen LogP contribution in [0.4, 0.5) is 5.69 Å². The van der Waals surface area contributed by atoms with Gasteiger partial charge in [0.2, 0.25) is 0 Å².